The minimum atomic E-state index is -3.70. The molecule has 30 heavy (non-hydrogen) atoms. The first-order valence-electron chi connectivity index (χ1n) is 10.1. The van der Waals surface area contributed by atoms with Crippen LogP contribution >= 0.6 is 0 Å². The van der Waals surface area contributed by atoms with E-state index < -0.39 is 16.1 Å². The van der Waals surface area contributed by atoms with Crippen molar-refractivity contribution >= 4 is 33.0 Å². The summed E-state index contributed by atoms with van der Waals surface area (Å²) in [5.74, 6) is 0.147. The molecule has 2 aromatic rings. The topological polar surface area (TPSA) is 79.0 Å². The Morgan fingerprint density at radius 1 is 1.17 bits per heavy atom. The number of carbonyl (C=O) groups is 1. The molecule has 0 bridgehead atoms. The van der Waals surface area contributed by atoms with Crippen molar-refractivity contribution in [2.75, 3.05) is 41.0 Å². The Kier molecular flexibility index (Phi) is 6.87. The third-order valence-corrected chi connectivity index (χ3v) is 6.42. The highest BCUT2D eigenvalue weighted by Gasteiger charge is 2.31. The number of rotatable bonds is 8. The van der Waals surface area contributed by atoms with E-state index >= 15 is 0 Å². The fourth-order valence-electron chi connectivity index (χ4n) is 3.76. The van der Waals surface area contributed by atoms with Crippen molar-refractivity contribution < 1.29 is 17.9 Å². The summed E-state index contributed by atoms with van der Waals surface area (Å²) in [6.07, 6.45) is 3.82. The minimum absolute atomic E-state index is 0.321. The third kappa shape index (κ3) is 5.05. The number of anilines is 3. The summed E-state index contributed by atoms with van der Waals surface area (Å²) in [6, 6.07) is 13.5. The number of nitrogens with zero attached hydrogens (tertiary/aromatic N) is 2. The monoisotopic (exact) mass is 431 g/mol. The molecule has 1 fully saturated rings. The Hall–Kier alpha value is -2.74. The lowest BCUT2D eigenvalue weighted by Crippen LogP contribution is -2.47. The molecule has 7 nitrogen and oxygen atoms in total. The molecule has 0 radical (unpaired) electrons. The number of amides is 1. The van der Waals surface area contributed by atoms with Crippen LogP contribution in [-0.2, 0) is 14.8 Å². The zero-order chi connectivity index (χ0) is 21.7. The molecule has 8 heteroatoms. The van der Waals surface area contributed by atoms with Crippen LogP contribution in [0.2, 0.25) is 0 Å². The van der Waals surface area contributed by atoms with Gasteiger partial charge in [0.1, 0.15) is 11.8 Å². The zero-order valence-corrected chi connectivity index (χ0v) is 18.5. The molecule has 162 valence electrons. The molecular weight excluding hydrogens is 402 g/mol. The number of ether oxygens (including phenoxy) is 1. The normalized spacial score (nSPS) is 15.0. The van der Waals surface area contributed by atoms with Gasteiger partial charge in [-0.1, -0.05) is 13.0 Å². The third-order valence-electron chi connectivity index (χ3n) is 5.24. The van der Waals surface area contributed by atoms with Gasteiger partial charge in [0.15, 0.2) is 0 Å². The summed E-state index contributed by atoms with van der Waals surface area (Å²) < 4.78 is 31.5. The van der Waals surface area contributed by atoms with Gasteiger partial charge in [-0.15, -0.1) is 0 Å². The molecule has 2 aromatic carbocycles. The minimum Gasteiger partial charge on any atom is -0.497 e. The van der Waals surface area contributed by atoms with E-state index in [4.69, 9.17) is 4.74 Å². The van der Waals surface area contributed by atoms with Gasteiger partial charge >= 0.3 is 0 Å². The fraction of sp³-hybridized carbons (Fsp3) is 0.409. The maximum absolute atomic E-state index is 13.0. The van der Waals surface area contributed by atoms with Crippen LogP contribution in [-0.4, -0.2) is 46.8 Å². The molecule has 0 unspecified atom stereocenters. The molecule has 1 atom stereocenters. The Bertz CT molecular complexity index is 970. The number of sulfonamides is 1. The predicted molar refractivity (Wildman–Crippen MR) is 121 cm³/mol. The second-order valence-electron chi connectivity index (χ2n) is 7.41. The van der Waals surface area contributed by atoms with Crippen LogP contribution in [0.3, 0.4) is 0 Å². The molecule has 0 saturated carbocycles. The van der Waals surface area contributed by atoms with Gasteiger partial charge in [-0.05, 0) is 55.7 Å². The van der Waals surface area contributed by atoms with Crippen LogP contribution in [0.25, 0.3) is 0 Å². The van der Waals surface area contributed by atoms with Gasteiger partial charge in [-0.25, -0.2) is 8.42 Å². The first-order valence-corrected chi connectivity index (χ1v) is 12.0. The molecule has 0 aromatic heterocycles. The second kappa shape index (κ2) is 9.38. The Labute approximate surface area is 178 Å². The number of benzene rings is 2. The molecule has 1 aliphatic rings. The molecule has 0 spiro atoms. The van der Waals surface area contributed by atoms with Crippen molar-refractivity contribution in [3.63, 3.8) is 0 Å². The Morgan fingerprint density at radius 2 is 1.83 bits per heavy atom. The number of carbonyl (C=O) groups excluding carboxylic acids is 1. The van der Waals surface area contributed by atoms with Crippen LogP contribution < -0.4 is 19.3 Å². The summed E-state index contributed by atoms with van der Waals surface area (Å²) in [5, 5.41) is 2.87. The fourth-order valence-corrected chi connectivity index (χ4v) is 4.97. The van der Waals surface area contributed by atoms with Crippen LogP contribution in [0.15, 0.2) is 48.5 Å². The highest BCUT2D eigenvalue weighted by atomic mass is 32.2. The van der Waals surface area contributed by atoms with Crippen molar-refractivity contribution in [3.05, 3.63) is 48.5 Å². The summed E-state index contributed by atoms with van der Waals surface area (Å²) >= 11 is 0. The van der Waals surface area contributed by atoms with Crippen LogP contribution in [0, 0.1) is 0 Å². The summed E-state index contributed by atoms with van der Waals surface area (Å²) in [6.45, 7) is 3.89. The highest BCUT2D eigenvalue weighted by molar-refractivity contribution is 7.92. The van der Waals surface area contributed by atoms with E-state index in [1.54, 1.807) is 31.2 Å². The van der Waals surface area contributed by atoms with Gasteiger partial charge in [0.05, 0.1) is 19.1 Å². The van der Waals surface area contributed by atoms with E-state index in [0.29, 0.717) is 23.5 Å². The lowest BCUT2D eigenvalue weighted by Gasteiger charge is -2.30. The van der Waals surface area contributed by atoms with Crippen LogP contribution in [0.1, 0.15) is 26.2 Å². The molecule has 3 rings (SSSR count). The maximum Gasteiger partial charge on any atom is 0.248 e. The Morgan fingerprint density at radius 3 is 2.40 bits per heavy atom. The summed E-state index contributed by atoms with van der Waals surface area (Å²) in [5.41, 5.74) is 2.16. The van der Waals surface area contributed by atoms with Gasteiger partial charge in [0, 0.05) is 30.5 Å². The number of hydrogen-bond donors (Lipinski definition) is 1. The van der Waals surface area contributed by atoms with Crippen molar-refractivity contribution in [2.45, 2.75) is 32.2 Å². The van der Waals surface area contributed by atoms with Gasteiger partial charge < -0.3 is 15.0 Å². The number of nitrogens with one attached hydrogen (secondary N) is 1. The van der Waals surface area contributed by atoms with Crippen molar-refractivity contribution in [1.82, 2.24) is 0 Å². The molecule has 1 N–H and O–H groups in total. The summed E-state index contributed by atoms with van der Waals surface area (Å²) in [7, 11) is -2.19. The Balaban J connectivity index is 1.81. The van der Waals surface area contributed by atoms with E-state index in [-0.39, 0.29) is 5.91 Å². The molecule has 1 heterocycles. The van der Waals surface area contributed by atoms with Gasteiger partial charge in [0.2, 0.25) is 15.9 Å². The van der Waals surface area contributed by atoms with Gasteiger partial charge in [-0.2, -0.15) is 0 Å². The summed E-state index contributed by atoms with van der Waals surface area (Å²) in [4.78, 5) is 15.4. The predicted octanol–water partition coefficient (Wildman–Crippen LogP) is 3.48. The van der Waals surface area contributed by atoms with E-state index in [1.807, 2.05) is 24.3 Å². The lowest BCUT2D eigenvalue weighted by atomic mass is 10.1. The molecule has 1 saturated heterocycles. The van der Waals surface area contributed by atoms with E-state index in [2.05, 4.69) is 10.2 Å². The van der Waals surface area contributed by atoms with Crippen LogP contribution in [0.4, 0.5) is 17.1 Å². The van der Waals surface area contributed by atoms with Crippen LogP contribution in [0.5, 0.6) is 5.75 Å². The largest absolute Gasteiger partial charge is 0.497 e. The standard InChI is InChI=1S/C22H29N3O4S/c1-4-21(25(30(3,27)28)19-8-7-9-20(16-19)29-2)22(26)23-17-10-12-18(13-11-17)24-14-5-6-15-24/h7-13,16,21H,4-6,14-15H2,1-3H3,(H,23,26)/t21-/m1/s1. The van der Waals surface area contributed by atoms with Gasteiger partial charge in [0.25, 0.3) is 0 Å². The average Bonchev–Trinajstić information content (AvgIpc) is 3.26. The highest BCUT2D eigenvalue weighted by Crippen LogP contribution is 2.27. The zero-order valence-electron chi connectivity index (χ0n) is 17.7. The van der Waals surface area contributed by atoms with E-state index in [1.165, 1.54) is 20.0 Å². The van der Waals surface area contributed by atoms with Crippen molar-refractivity contribution in [3.8, 4) is 5.75 Å². The first kappa shape index (κ1) is 22.0. The quantitative estimate of drug-likeness (QED) is 0.692. The first-order chi connectivity index (χ1) is 14.3. The second-order valence-corrected chi connectivity index (χ2v) is 9.27. The molecule has 0 aliphatic carbocycles. The SMILES string of the molecule is CC[C@H](C(=O)Nc1ccc(N2CCCC2)cc1)N(c1cccc(OC)c1)S(C)(=O)=O. The average molecular weight is 432 g/mol. The van der Waals surface area contributed by atoms with E-state index in [0.717, 1.165) is 29.3 Å². The molecule has 1 amide bonds. The number of hydrogen-bond acceptors (Lipinski definition) is 5. The smallest absolute Gasteiger partial charge is 0.248 e. The molecule has 1 aliphatic heterocycles. The van der Waals surface area contributed by atoms with Gasteiger partial charge in [-0.3, -0.25) is 9.10 Å². The van der Waals surface area contributed by atoms with E-state index in [9.17, 15) is 13.2 Å². The molecular formula is C22H29N3O4S. The lowest BCUT2D eigenvalue weighted by molar-refractivity contribution is -0.117. The van der Waals surface area contributed by atoms with Crippen molar-refractivity contribution in [1.29, 1.82) is 0 Å². The number of methoxy groups -OCH3 is 1. The van der Waals surface area contributed by atoms with Crippen molar-refractivity contribution in [2.24, 2.45) is 0 Å². The maximum atomic E-state index is 13.0.